The number of methoxy groups -OCH3 is 1. The summed E-state index contributed by atoms with van der Waals surface area (Å²) < 4.78 is 18.8. The van der Waals surface area contributed by atoms with Gasteiger partial charge in [-0.2, -0.15) is 0 Å². The number of halogens is 1. The van der Waals surface area contributed by atoms with Gasteiger partial charge in [0.25, 0.3) is 5.91 Å². The van der Waals surface area contributed by atoms with Crippen LogP contribution in [0.25, 0.3) is 0 Å². The Hall–Kier alpha value is -2.40. The first-order chi connectivity index (χ1) is 11.0. The van der Waals surface area contributed by atoms with Gasteiger partial charge in [0.15, 0.2) is 0 Å². The lowest BCUT2D eigenvalue weighted by Crippen LogP contribution is -3.04. The lowest BCUT2D eigenvalue weighted by atomic mass is 10.1. The predicted molar refractivity (Wildman–Crippen MR) is 87.1 cm³/mol. The highest BCUT2D eigenvalue weighted by Crippen LogP contribution is 2.16. The third-order valence-electron chi connectivity index (χ3n) is 3.45. The second-order valence-corrected chi connectivity index (χ2v) is 5.73. The van der Waals surface area contributed by atoms with Crippen molar-refractivity contribution in [2.45, 2.75) is 13.1 Å². The van der Waals surface area contributed by atoms with Crippen LogP contribution < -0.4 is 15.0 Å². The topological polar surface area (TPSA) is 42.8 Å². The molecule has 0 atom stereocenters. The van der Waals surface area contributed by atoms with E-state index < -0.39 is 11.7 Å². The van der Waals surface area contributed by atoms with Crippen molar-refractivity contribution < 1.29 is 18.8 Å². The summed E-state index contributed by atoms with van der Waals surface area (Å²) in [5.41, 5.74) is 2.23. The van der Waals surface area contributed by atoms with E-state index in [9.17, 15) is 9.18 Å². The molecule has 0 spiro atoms. The van der Waals surface area contributed by atoms with Crippen molar-refractivity contribution in [1.29, 1.82) is 0 Å². The molecular weight excluding hydrogens is 295 g/mol. The van der Waals surface area contributed by atoms with Crippen LogP contribution in [0.15, 0.2) is 42.5 Å². The van der Waals surface area contributed by atoms with Gasteiger partial charge in [0.2, 0.25) is 0 Å². The van der Waals surface area contributed by atoms with Crippen molar-refractivity contribution in [2.75, 3.05) is 21.2 Å². The van der Waals surface area contributed by atoms with Crippen LogP contribution in [0.2, 0.25) is 0 Å². The van der Waals surface area contributed by atoms with Crippen molar-refractivity contribution in [2.24, 2.45) is 0 Å². The highest BCUT2D eigenvalue weighted by Gasteiger charge is 2.12. The second-order valence-electron chi connectivity index (χ2n) is 5.73. The largest absolute Gasteiger partial charge is 0.497 e. The molecule has 5 heteroatoms. The molecule has 122 valence electrons. The molecule has 1 amide bonds. The Morgan fingerprint density at radius 3 is 2.35 bits per heavy atom. The van der Waals surface area contributed by atoms with E-state index in [0.29, 0.717) is 12.3 Å². The normalized spacial score (nSPS) is 10.7. The molecule has 0 aromatic heterocycles. The van der Waals surface area contributed by atoms with Crippen LogP contribution in [0.5, 0.6) is 5.75 Å². The van der Waals surface area contributed by atoms with Gasteiger partial charge in [-0.15, -0.1) is 0 Å². The van der Waals surface area contributed by atoms with Crippen LogP contribution in [0.3, 0.4) is 0 Å². The van der Waals surface area contributed by atoms with Crippen molar-refractivity contribution in [1.82, 2.24) is 5.32 Å². The Bertz CT molecular complexity index is 669. The summed E-state index contributed by atoms with van der Waals surface area (Å²) in [5.74, 6) is -0.643. The third kappa shape index (κ3) is 4.79. The maximum atomic E-state index is 13.8. The summed E-state index contributed by atoms with van der Waals surface area (Å²) in [5, 5.41) is 2.73. The maximum Gasteiger partial charge on any atom is 0.254 e. The number of carbonyl (C=O) groups excluding carboxylic acids is 1. The van der Waals surface area contributed by atoms with Gasteiger partial charge in [-0.05, 0) is 17.7 Å². The van der Waals surface area contributed by atoms with Gasteiger partial charge in [-0.25, -0.2) is 4.39 Å². The summed E-state index contributed by atoms with van der Waals surface area (Å²) in [6.45, 7) is 1.31. The highest BCUT2D eigenvalue weighted by molar-refractivity contribution is 5.94. The molecule has 0 aliphatic heterocycles. The Morgan fingerprint density at radius 1 is 1.13 bits per heavy atom. The van der Waals surface area contributed by atoms with E-state index in [0.717, 1.165) is 12.1 Å². The third-order valence-corrected chi connectivity index (χ3v) is 3.45. The predicted octanol–water partition coefficient (Wildman–Crippen LogP) is 1.41. The van der Waals surface area contributed by atoms with Crippen LogP contribution in [0, 0.1) is 5.82 Å². The fourth-order valence-corrected chi connectivity index (χ4v) is 2.27. The van der Waals surface area contributed by atoms with E-state index in [4.69, 9.17) is 4.74 Å². The van der Waals surface area contributed by atoms with Gasteiger partial charge in [-0.3, -0.25) is 4.79 Å². The molecule has 0 fully saturated rings. The standard InChI is InChI=1S/C18H21FN2O2/c1-21(2)12-14-6-4-13(5-7-14)11-20-18(22)16-9-8-15(23-3)10-17(16)19/h4-10H,11-12H2,1-3H3,(H,20,22)/p+1. The van der Waals surface area contributed by atoms with Gasteiger partial charge in [0, 0.05) is 18.2 Å². The molecule has 0 radical (unpaired) electrons. The minimum atomic E-state index is -0.592. The van der Waals surface area contributed by atoms with E-state index in [1.807, 2.05) is 24.3 Å². The molecule has 4 nitrogen and oxygen atoms in total. The molecule has 0 saturated heterocycles. The van der Waals surface area contributed by atoms with Crippen molar-refractivity contribution >= 4 is 5.91 Å². The number of ether oxygens (including phenoxy) is 1. The van der Waals surface area contributed by atoms with E-state index in [2.05, 4.69) is 19.4 Å². The number of hydrogen-bond acceptors (Lipinski definition) is 2. The van der Waals surface area contributed by atoms with E-state index >= 15 is 0 Å². The van der Waals surface area contributed by atoms with Crippen molar-refractivity contribution in [3.05, 3.63) is 65.0 Å². The molecule has 0 aliphatic carbocycles. The Morgan fingerprint density at radius 2 is 1.78 bits per heavy atom. The maximum absolute atomic E-state index is 13.8. The molecule has 0 saturated carbocycles. The molecule has 0 unspecified atom stereocenters. The first kappa shape index (κ1) is 17.0. The van der Waals surface area contributed by atoms with E-state index in [1.54, 1.807) is 6.07 Å². The molecule has 0 bridgehead atoms. The highest BCUT2D eigenvalue weighted by atomic mass is 19.1. The average molecular weight is 317 g/mol. The Balaban J connectivity index is 1.96. The summed E-state index contributed by atoms with van der Waals surface area (Å²) in [7, 11) is 5.64. The SMILES string of the molecule is COc1ccc(C(=O)NCc2ccc(C[NH+](C)C)cc2)c(F)c1. The monoisotopic (exact) mass is 317 g/mol. The zero-order chi connectivity index (χ0) is 16.8. The molecule has 2 rings (SSSR count). The number of amides is 1. The second kappa shape index (κ2) is 7.74. The quantitative estimate of drug-likeness (QED) is 0.846. The summed E-state index contributed by atoms with van der Waals surface area (Å²) in [4.78, 5) is 13.4. The van der Waals surface area contributed by atoms with E-state index in [1.165, 1.54) is 29.7 Å². The molecule has 0 aliphatic rings. The fraction of sp³-hybridized carbons (Fsp3) is 0.278. The summed E-state index contributed by atoms with van der Waals surface area (Å²) in [6, 6.07) is 12.2. The van der Waals surface area contributed by atoms with Crippen LogP contribution in [0.4, 0.5) is 4.39 Å². The zero-order valence-electron chi connectivity index (χ0n) is 13.7. The average Bonchev–Trinajstić information content (AvgIpc) is 2.53. The zero-order valence-corrected chi connectivity index (χ0v) is 13.7. The first-order valence-electron chi connectivity index (χ1n) is 7.48. The fourth-order valence-electron chi connectivity index (χ4n) is 2.27. The van der Waals surface area contributed by atoms with Crippen molar-refractivity contribution in [3.63, 3.8) is 0 Å². The number of rotatable bonds is 6. The van der Waals surface area contributed by atoms with Crippen LogP contribution >= 0.6 is 0 Å². The van der Waals surface area contributed by atoms with Crippen LogP contribution in [-0.2, 0) is 13.1 Å². The molecule has 23 heavy (non-hydrogen) atoms. The number of benzene rings is 2. The summed E-state index contributed by atoms with van der Waals surface area (Å²) >= 11 is 0. The summed E-state index contributed by atoms with van der Waals surface area (Å²) in [6.07, 6.45) is 0. The Labute approximate surface area is 135 Å². The van der Waals surface area contributed by atoms with Gasteiger partial charge in [0.05, 0.1) is 26.8 Å². The van der Waals surface area contributed by atoms with Crippen molar-refractivity contribution in [3.8, 4) is 5.75 Å². The lowest BCUT2D eigenvalue weighted by molar-refractivity contribution is -0.872. The van der Waals surface area contributed by atoms with E-state index in [-0.39, 0.29) is 5.56 Å². The lowest BCUT2D eigenvalue weighted by Gasteiger charge is -2.09. The molecule has 2 N–H and O–H groups in total. The molecule has 0 heterocycles. The van der Waals surface area contributed by atoms with Gasteiger partial charge in [0.1, 0.15) is 18.1 Å². The number of nitrogens with one attached hydrogen (secondary N) is 2. The first-order valence-corrected chi connectivity index (χ1v) is 7.48. The van der Waals surface area contributed by atoms with Gasteiger partial charge < -0.3 is 15.0 Å². The van der Waals surface area contributed by atoms with Gasteiger partial charge >= 0.3 is 0 Å². The molecule has 2 aromatic carbocycles. The minimum Gasteiger partial charge on any atom is -0.497 e. The number of quaternary nitrogens is 1. The Kier molecular flexibility index (Phi) is 5.71. The van der Waals surface area contributed by atoms with Crippen LogP contribution in [0.1, 0.15) is 21.5 Å². The minimum absolute atomic E-state index is 0.0126. The van der Waals surface area contributed by atoms with Crippen LogP contribution in [-0.4, -0.2) is 27.1 Å². The smallest absolute Gasteiger partial charge is 0.254 e. The van der Waals surface area contributed by atoms with Gasteiger partial charge in [-0.1, -0.05) is 24.3 Å². The molecule has 2 aromatic rings. The number of hydrogen-bond donors (Lipinski definition) is 2. The molecular formula is C18H22FN2O2+. The number of carbonyl (C=O) groups is 1.